The largest absolute Gasteiger partial charge is 0.330 e. The molecule has 1 saturated heterocycles. The molecule has 1 aliphatic rings. The lowest BCUT2D eigenvalue weighted by atomic mass is 9.97. The summed E-state index contributed by atoms with van der Waals surface area (Å²) >= 11 is 1.58. The third kappa shape index (κ3) is 2.75. The van der Waals surface area contributed by atoms with Crippen molar-refractivity contribution in [3.05, 3.63) is 39.9 Å². The van der Waals surface area contributed by atoms with Gasteiger partial charge in [-0.3, -0.25) is 4.79 Å². The minimum atomic E-state index is -0.409. The van der Waals surface area contributed by atoms with Crippen LogP contribution in [0.3, 0.4) is 0 Å². The molecule has 116 valence electrons. The second-order valence-corrected chi connectivity index (χ2v) is 7.04. The quantitative estimate of drug-likeness (QED) is 0.873. The molecule has 22 heavy (non-hydrogen) atoms. The highest BCUT2D eigenvalue weighted by molar-refractivity contribution is 7.09. The highest BCUT2D eigenvalue weighted by Gasteiger charge is 2.43. The zero-order chi connectivity index (χ0) is 15.7. The Morgan fingerprint density at radius 2 is 2.23 bits per heavy atom. The zero-order valence-electron chi connectivity index (χ0n) is 13.2. The number of hydrogen-bond donors (Lipinski definition) is 0. The Kier molecular flexibility index (Phi) is 3.95. The normalized spacial score (nSPS) is 21.3. The first-order chi connectivity index (χ1) is 10.5. The van der Waals surface area contributed by atoms with E-state index in [-0.39, 0.29) is 5.91 Å². The van der Waals surface area contributed by atoms with Crippen LogP contribution in [0.25, 0.3) is 0 Å². The van der Waals surface area contributed by atoms with Gasteiger partial charge in [-0.1, -0.05) is 0 Å². The van der Waals surface area contributed by atoms with Gasteiger partial charge in [-0.25, -0.2) is 15.0 Å². The zero-order valence-corrected chi connectivity index (χ0v) is 14.0. The molecule has 3 rings (SSSR count). The standard InChI is InChI=1S/C16H20N4OS/c1-11-5-7-17-15(18-11)16(3)6-4-8-20(16)14(21)9-13-10-22-12(2)19-13/h5,7,10H,4,6,8-9H2,1-3H3. The van der Waals surface area contributed by atoms with E-state index in [4.69, 9.17) is 0 Å². The van der Waals surface area contributed by atoms with E-state index in [0.29, 0.717) is 6.42 Å². The van der Waals surface area contributed by atoms with Crippen LogP contribution in [0.1, 0.15) is 42.0 Å². The maximum absolute atomic E-state index is 12.7. The number of carbonyl (C=O) groups is 1. The fourth-order valence-electron chi connectivity index (χ4n) is 3.04. The van der Waals surface area contributed by atoms with E-state index in [0.717, 1.165) is 41.6 Å². The molecule has 1 atom stereocenters. The second kappa shape index (κ2) is 5.76. The van der Waals surface area contributed by atoms with Crippen molar-refractivity contribution < 1.29 is 4.79 Å². The van der Waals surface area contributed by atoms with Gasteiger partial charge in [0.05, 0.1) is 22.7 Å². The van der Waals surface area contributed by atoms with E-state index in [1.807, 2.05) is 30.2 Å². The first kappa shape index (κ1) is 15.1. The molecule has 1 unspecified atom stereocenters. The summed E-state index contributed by atoms with van der Waals surface area (Å²) in [6, 6.07) is 1.88. The van der Waals surface area contributed by atoms with Gasteiger partial charge < -0.3 is 4.90 Å². The van der Waals surface area contributed by atoms with Gasteiger partial charge in [0.1, 0.15) is 0 Å². The Labute approximate surface area is 134 Å². The van der Waals surface area contributed by atoms with Crippen LogP contribution in [-0.2, 0) is 16.8 Å². The van der Waals surface area contributed by atoms with E-state index in [1.54, 1.807) is 17.5 Å². The number of carbonyl (C=O) groups excluding carboxylic acids is 1. The van der Waals surface area contributed by atoms with E-state index < -0.39 is 5.54 Å². The molecule has 1 amide bonds. The predicted octanol–water partition coefficient (Wildman–Crippen LogP) is 2.63. The predicted molar refractivity (Wildman–Crippen MR) is 85.6 cm³/mol. The van der Waals surface area contributed by atoms with Crippen LogP contribution in [0.2, 0.25) is 0 Å². The van der Waals surface area contributed by atoms with Crippen molar-refractivity contribution in [1.29, 1.82) is 0 Å². The highest BCUT2D eigenvalue weighted by atomic mass is 32.1. The van der Waals surface area contributed by atoms with Crippen LogP contribution < -0.4 is 0 Å². The van der Waals surface area contributed by atoms with Crippen LogP contribution in [0.5, 0.6) is 0 Å². The SMILES string of the molecule is Cc1ccnc(C2(C)CCCN2C(=O)Cc2csc(C)n2)n1. The number of nitrogens with zero attached hydrogens (tertiary/aromatic N) is 4. The average molecular weight is 316 g/mol. The molecule has 1 aliphatic heterocycles. The molecule has 0 radical (unpaired) electrons. The van der Waals surface area contributed by atoms with Crippen LogP contribution in [0.15, 0.2) is 17.6 Å². The molecule has 0 aliphatic carbocycles. The molecule has 1 fully saturated rings. The lowest BCUT2D eigenvalue weighted by Crippen LogP contribution is -2.44. The number of likely N-dealkylation sites (tertiary alicyclic amines) is 1. The van der Waals surface area contributed by atoms with Crippen molar-refractivity contribution in [2.24, 2.45) is 0 Å². The maximum atomic E-state index is 12.7. The molecule has 0 aromatic carbocycles. The monoisotopic (exact) mass is 316 g/mol. The fourth-order valence-corrected chi connectivity index (χ4v) is 3.66. The summed E-state index contributed by atoms with van der Waals surface area (Å²) in [4.78, 5) is 28.0. The lowest BCUT2D eigenvalue weighted by molar-refractivity contribution is -0.134. The summed E-state index contributed by atoms with van der Waals surface area (Å²) in [5.41, 5.74) is 1.38. The number of thiazole rings is 1. The smallest absolute Gasteiger partial charge is 0.229 e. The Morgan fingerprint density at radius 3 is 2.91 bits per heavy atom. The average Bonchev–Trinajstić information content (AvgIpc) is 3.06. The van der Waals surface area contributed by atoms with Crippen LogP contribution in [-0.4, -0.2) is 32.3 Å². The Bertz CT molecular complexity index is 699. The third-order valence-electron chi connectivity index (χ3n) is 4.22. The van der Waals surface area contributed by atoms with E-state index in [2.05, 4.69) is 21.9 Å². The molecule has 2 aromatic heterocycles. The first-order valence-electron chi connectivity index (χ1n) is 7.50. The molecule has 2 aromatic rings. The van der Waals surface area contributed by atoms with Gasteiger partial charge in [0.15, 0.2) is 5.82 Å². The molecule has 6 heteroatoms. The maximum Gasteiger partial charge on any atom is 0.229 e. The minimum absolute atomic E-state index is 0.107. The Hall–Kier alpha value is -1.82. The second-order valence-electron chi connectivity index (χ2n) is 5.98. The topological polar surface area (TPSA) is 59.0 Å². The molecular weight excluding hydrogens is 296 g/mol. The van der Waals surface area contributed by atoms with Crippen molar-refractivity contribution >= 4 is 17.2 Å². The highest BCUT2D eigenvalue weighted by Crippen LogP contribution is 2.37. The van der Waals surface area contributed by atoms with Crippen LogP contribution in [0, 0.1) is 13.8 Å². The molecule has 0 spiro atoms. The van der Waals surface area contributed by atoms with Gasteiger partial charge >= 0.3 is 0 Å². The van der Waals surface area contributed by atoms with Crippen molar-refractivity contribution in [2.75, 3.05) is 6.54 Å². The number of hydrogen-bond acceptors (Lipinski definition) is 5. The minimum Gasteiger partial charge on any atom is -0.330 e. The van der Waals surface area contributed by atoms with Gasteiger partial charge in [0, 0.05) is 23.8 Å². The summed E-state index contributed by atoms with van der Waals surface area (Å²) in [7, 11) is 0. The number of aromatic nitrogens is 3. The Balaban J connectivity index is 1.84. The molecule has 0 bridgehead atoms. The number of aryl methyl sites for hydroxylation is 2. The van der Waals surface area contributed by atoms with E-state index in [9.17, 15) is 4.79 Å². The van der Waals surface area contributed by atoms with Crippen molar-refractivity contribution in [1.82, 2.24) is 19.9 Å². The van der Waals surface area contributed by atoms with Gasteiger partial charge in [0.25, 0.3) is 0 Å². The van der Waals surface area contributed by atoms with E-state index >= 15 is 0 Å². The van der Waals surface area contributed by atoms with Crippen molar-refractivity contribution in [2.45, 2.75) is 45.6 Å². The summed E-state index contributed by atoms with van der Waals surface area (Å²) < 4.78 is 0. The van der Waals surface area contributed by atoms with Gasteiger partial charge in [-0.05, 0) is 39.7 Å². The van der Waals surface area contributed by atoms with Crippen molar-refractivity contribution in [3.63, 3.8) is 0 Å². The molecule has 5 nitrogen and oxygen atoms in total. The summed E-state index contributed by atoms with van der Waals surface area (Å²) in [5, 5.41) is 2.96. The summed E-state index contributed by atoms with van der Waals surface area (Å²) in [5.74, 6) is 0.850. The molecule has 3 heterocycles. The summed E-state index contributed by atoms with van der Waals surface area (Å²) in [6.07, 6.45) is 4.01. The van der Waals surface area contributed by atoms with E-state index in [1.165, 1.54) is 0 Å². The van der Waals surface area contributed by atoms with Gasteiger partial charge in [-0.2, -0.15) is 0 Å². The lowest BCUT2D eigenvalue weighted by Gasteiger charge is -2.34. The molecular formula is C16H20N4OS. The molecule has 0 N–H and O–H groups in total. The van der Waals surface area contributed by atoms with Crippen LogP contribution >= 0.6 is 11.3 Å². The Morgan fingerprint density at radius 1 is 1.41 bits per heavy atom. The van der Waals surface area contributed by atoms with Crippen molar-refractivity contribution in [3.8, 4) is 0 Å². The van der Waals surface area contributed by atoms with Crippen LogP contribution in [0.4, 0.5) is 0 Å². The third-order valence-corrected chi connectivity index (χ3v) is 5.04. The summed E-state index contributed by atoms with van der Waals surface area (Å²) in [6.45, 7) is 6.74. The number of rotatable bonds is 3. The molecule has 0 saturated carbocycles. The first-order valence-corrected chi connectivity index (χ1v) is 8.38. The van der Waals surface area contributed by atoms with Gasteiger partial charge in [0.2, 0.25) is 5.91 Å². The number of amides is 1. The van der Waals surface area contributed by atoms with Gasteiger partial charge in [-0.15, -0.1) is 11.3 Å². The fraction of sp³-hybridized carbons (Fsp3) is 0.500.